The molecule has 0 radical (unpaired) electrons. The minimum Gasteiger partial charge on any atom is -0.537 e. The van der Waals surface area contributed by atoms with Crippen molar-refractivity contribution in [1.29, 1.82) is 0 Å². The molecule has 0 amide bonds. The number of pyridine rings is 2. The van der Waals surface area contributed by atoms with E-state index in [0.29, 0.717) is 0 Å². The number of para-hydroxylation sites is 4. The molecule has 6 aliphatic heterocycles. The van der Waals surface area contributed by atoms with E-state index in [4.69, 9.17) is 18.6 Å². The monoisotopic (exact) mass is 984 g/mol. The van der Waals surface area contributed by atoms with Gasteiger partial charge in [0.05, 0.1) is 22.3 Å². The fourth-order valence-electron chi connectivity index (χ4n) is 14.6. The SMILES string of the molecule is c1ccc(N2B3Oc4ccccc4-c4c[n+](C5c6ccccc6-c6ccccc65)c5c(c43)-c3c2cc2c4c3B(O5)Oc3c-4c4c(c[n+]3C3c5ccccc5-c5ccccc53)-c3ccccc3OB4N2c2ccccc2)cc1. The van der Waals surface area contributed by atoms with Crippen molar-refractivity contribution in [3.63, 3.8) is 0 Å². The second-order valence-corrected chi connectivity index (χ2v) is 21.2. The molecule has 0 unspecified atom stereocenters. The summed E-state index contributed by atoms with van der Waals surface area (Å²) in [7, 11) is -1.98. The van der Waals surface area contributed by atoms with Crippen molar-refractivity contribution in [1.82, 2.24) is 0 Å². The Kier molecular flexibility index (Phi) is 7.68. The molecule has 0 spiro atoms. The highest BCUT2D eigenvalue weighted by molar-refractivity contribution is 6.82. The molecule has 77 heavy (non-hydrogen) atoms. The zero-order valence-electron chi connectivity index (χ0n) is 41.2. The van der Waals surface area contributed by atoms with Crippen molar-refractivity contribution >= 4 is 60.4 Å². The summed E-state index contributed by atoms with van der Waals surface area (Å²) in [5.41, 5.74) is 25.5. The molecule has 0 bridgehead atoms. The zero-order valence-corrected chi connectivity index (χ0v) is 41.2. The number of nitrogens with zero attached hydrogens (tertiary/aromatic N) is 4. The van der Waals surface area contributed by atoms with Crippen molar-refractivity contribution in [2.45, 2.75) is 12.1 Å². The minimum absolute atomic E-state index is 0.201. The number of aromatic nitrogens is 2. The third kappa shape index (κ3) is 5.07. The van der Waals surface area contributed by atoms with E-state index in [-0.39, 0.29) is 12.1 Å². The molecule has 9 aromatic carbocycles. The van der Waals surface area contributed by atoms with E-state index in [1.54, 1.807) is 0 Å². The lowest BCUT2D eigenvalue weighted by atomic mass is 9.53. The van der Waals surface area contributed by atoms with Crippen LogP contribution < -0.4 is 53.8 Å². The number of rotatable bonds is 4. The molecule has 0 fully saturated rings. The molecule has 0 N–H and O–H groups in total. The number of anilines is 4. The average Bonchev–Trinajstić information content (AvgIpc) is 4.12. The Bertz CT molecular complexity index is 4130. The summed E-state index contributed by atoms with van der Waals surface area (Å²) in [6, 6.07) is 75.9. The Labute approximate surface area is 444 Å². The summed E-state index contributed by atoms with van der Waals surface area (Å²) in [5.74, 6) is 3.15. The fraction of sp³-hybridized carbons (Fsp3) is 0.0303. The molecule has 0 saturated heterocycles. The highest BCUT2D eigenvalue weighted by atomic mass is 16.6. The largest absolute Gasteiger partial charge is 0.641 e. The second-order valence-electron chi connectivity index (χ2n) is 21.2. The van der Waals surface area contributed by atoms with E-state index in [1.807, 2.05) is 0 Å². The first-order chi connectivity index (χ1) is 38.2. The van der Waals surface area contributed by atoms with E-state index in [0.717, 1.165) is 107 Å². The zero-order chi connectivity index (χ0) is 49.8. The van der Waals surface area contributed by atoms with Crippen LogP contribution in [0.3, 0.4) is 0 Å². The van der Waals surface area contributed by atoms with E-state index in [9.17, 15) is 0 Å². The Morgan fingerprint density at radius 1 is 0.325 bits per heavy atom. The van der Waals surface area contributed by atoms with Crippen molar-refractivity contribution in [2.24, 2.45) is 0 Å². The van der Waals surface area contributed by atoms with Gasteiger partial charge < -0.3 is 28.2 Å². The molecule has 19 rings (SSSR count). The molecule has 11 aromatic rings. The van der Waals surface area contributed by atoms with Gasteiger partial charge in [-0.25, -0.2) is 0 Å². The van der Waals surface area contributed by atoms with Crippen LogP contribution in [0.15, 0.2) is 225 Å². The van der Waals surface area contributed by atoms with Gasteiger partial charge in [-0.15, -0.1) is 0 Å². The van der Waals surface area contributed by atoms with Crippen LogP contribution in [0.5, 0.6) is 23.3 Å². The highest BCUT2D eigenvalue weighted by Gasteiger charge is 2.62. The lowest BCUT2D eigenvalue weighted by molar-refractivity contribution is -0.707. The van der Waals surface area contributed by atoms with Crippen molar-refractivity contribution in [3.05, 3.63) is 247 Å². The average molecular weight is 984 g/mol. The molecule has 2 aromatic heterocycles. The van der Waals surface area contributed by atoms with Gasteiger partial charge in [-0.3, -0.25) is 0 Å². The van der Waals surface area contributed by atoms with E-state index < -0.39 is 21.2 Å². The van der Waals surface area contributed by atoms with Gasteiger partial charge in [-0.2, -0.15) is 9.13 Å². The Hall–Kier alpha value is -9.73. The molecule has 11 heteroatoms. The van der Waals surface area contributed by atoms with Gasteiger partial charge in [-0.1, -0.05) is 170 Å². The Morgan fingerprint density at radius 2 is 0.675 bits per heavy atom. The van der Waals surface area contributed by atoms with Gasteiger partial charge in [-0.05, 0) is 64.7 Å². The molecule has 8 nitrogen and oxygen atoms in total. The van der Waals surface area contributed by atoms with Gasteiger partial charge in [0.1, 0.15) is 11.5 Å². The summed E-state index contributed by atoms with van der Waals surface area (Å²) < 4.78 is 35.5. The van der Waals surface area contributed by atoms with Crippen LogP contribution in [0.25, 0.3) is 66.8 Å². The summed E-state index contributed by atoms with van der Waals surface area (Å²) in [6.45, 7) is 0. The molecule has 0 saturated carbocycles. The highest BCUT2D eigenvalue weighted by Crippen LogP contribution is 2.58. The first-order valence-corrected chi connectivity index (χ1v) is 26.6. The predicted octanol–water partition coefficient (Wildman–Crippen LogP) is 11.1. The standard InChI is InChI=1S/C66H39B3N4O4/c1-3-19-38(20-4-1)72-52-35-53-57-59-61-51(45-28-16-18-34-55(45)75-68(61)73(53)39-21-5-2-6-22-39)37-71(64-48-31-13-9-25-42(48)43-26-10-14-32-49(43)64)66(59)77-69-62(57)56(52)58-60-50(44-27-15-17-33-54(44)74-67(60)72)36-70(65(58)76-69)63-46-29-11-7-23-40(46)41-24-8-12-30-47(41)63/h1-37,63-64H/q+2. The summed E-state index contributed by atoms with van der Waals surface area (Å²) in [6.07, 6.45) is 4.69. The minimum atomic E-state index is -0.872. The number of fused-ring (bicyclic) bond motifs is 10. The van der Waals surface area contributed by atoms with Crippen molar-refractivity contribution in [3.8, 4) is 90.0 Å². The second kappa shape index (κ2) is 14.6. The normalized spacial score (nSPS) is 15.2. The van der Waals surface area contributed by atoms with Crippen LogP contribution in [0.1, 0.15) is 34.3 Å². The number of hydrogen-bond acceptors (Lipinski definition) is 6. The van der Waals surface area contributed by atoms with E-state index >= 15 is 0 Å². The first-order valence-electron chi connectivity index (χ1n) is 26.6. The van der Waals surface area contributed by atoms with Crippen LogP contribution >= 0.6 is 0 Å². The lowest BCUT2D eigenvalue weighted by Crippen LogP contribution is -2.65. The summed E-state index contributed by atoms with van der Waals surface area (Å²) in [4.78, 5) is 4.83. The van der Waals surface area contributed by atoms with Gasteiger partial charge >= 0.3 is 33.0 Å². The van der Waals surface area contributed by atoms with Crippen LogP contribution in [-0.4, -0.2) is 21.2 Å². The molecular formula is C66H39B3N4O4+2. The summed E-state index contributed by atoms with van der Waals surface area (Å²) >= 11 is 0. The maximum Gasteiger partial charge on any atom is 0.641 e. The van der Waals surface area contributed by atoms with Crippen molar-refractivity contribution < 1.29 is 27.8 Å². The molecule has 8 aliphatic rings. The maximum absolute atomic E-state index is 7.91. The van der Waals surface area contributed by atoms with Crippen LogP contribution in [0, 0.1) is 0 Å². The Balaban J connectivity index is 0.987. The van der Waals surface area contributed by atoms with Gasteiger partial charge in [0, 0.05) is 83.6 Å². The van der Waals surface area contributed by atoms with E-state index in [2.05, 4.69) is 243 Å². The first kappa shape index (κ1) is 40.6. The van der Waals surface area contributed by atoms with Gasteiger partial charge in [0.15, 0.2) is 12.4 Å². The molecule has 2 aliphatic carbocycles. The van der Waals surface area contributed by atoms with Crippen molar-refractivity contribution in [2.75, 3.05) is 9.62 Å². The third-order valence-corrected chi connectivity index (χ3v) is 17.6. The van der Waals surface area contributed by atoms with Gasteiger partial charge in [0.25, 0.3) is 0 Å². The maximum atomic E-state index is 7.91. The van der Waals surface area contributed by atoms with Crippen LogP contribution in [-0.2, 0) is 0 Å². The summed E-state index contributed by atoms with van der Waals surface area (Å²) in [5, 5.41) is 0. The fourth-order valence-corrected chi connectivity index (χ4v) is 14.6. The topological polar surface area (TPSA) is 51.2 Å². The van der Waals surface area contributed by atoms with E-state index in [1.165, 1.54) is 44.5 Å². The predicted molar refractivity (Wildman–Crippen MR) is 303 cm³/mol. The Morgan fingerprint density at radius 3 is 1.08 bits per heavy atom. The van der Waals surface area contributed by atoms with Gasteiger partial charge in [0.2, 0.25) is 12.1 Å². The van der Waals surface area contributed by atoms with Crippen LogP contribution in [0.4, 0.5) is 22.7 Å². The molecule has 0 atom stereocenters. The van der Waals surface area contributed by atoms with Crippen LogP contribution in [0.2, 0.25) is 0 Å². The third-order valence-electron chi connectivity index (χ3n) is 17.6. The number of hydrogen-bond donors (Lipinski definition) is 0. The number of benzene rings is 9. The molecule has 8 heterocycles. The quantitative estimate of drug-likeness (QED) is 0.129. The smallest absolute Gasteiger partial charge is 0.537 e. The molecular weight excluding hydrogens is 945 g/mol. The lowest BCUT2D eigenvalue weighted by Gasteiger charge is -2.47. The molecule has 354 valence electrons.